The van der Waals surface area contributed by atoms with E-state index in [1.807, 2.05) is 0 Å². The molecule has 1 aliphatic heterocycles. The molecule has 2 rings (SSSR count). The Hall–Kier alpha value is -0.860. The van der Waals surface area contributed by atoms with Crippen molar-refractivity contribution in [3.63, 3.8) is 0 Å². The smallest absolute Gasteiger partial charge is 0.0826 e. The van der Waals surface area contributed by atoms with Gasteiger partial charge in [0.2, 0.25) is 0 Å². The van der Waals surface area contributed by atoms with Crippen LogP contribution in [-0.4, -0.2) is 24.3 Å². The van der Waals surface area contributed by atoms with Crippen LogP contribution in [0.5, 0.6) is 0 Å². The highest BCUT2D eigenvalue weighted by Gasteiger charge is 2.38. The topological polar surface area (TPSA) is 21.3 Å². The average Bonchev–Trinajstić information content (AvgIpc) is 2.29. The number of nitrogens with one attached hydrogen (secondary N) is 1. The fourth-order valence-corrected chi connectivity index (χ4v) is 2.58. The van der Waals surface area contributed by atoms with Gasteiger partial charge in [-0.25, -0.2) is 0 Å². The van der Waals surface area contributed by atoms with E-state index in [0.29, 0.717) is 0 Å². The highest BCUT2D eigenvalue weighted by Crippen LogP contribution is 2.29. The van der Waals surface area contributed by atoms with Crippen molar-refractivity contribution in [1.29, 1.82) is 0 Å². The minimum absolute atomic E-state index is 0.0260. The highest BCUT2D eigenvalue weighted by molar-refractivity contribution is 5.17. The molecule has 2 heteroatoms. The second-order valence-electron chi connectivity index (χ2n) is 5.62. The Bertz CT molecular complexity index is 364. The van der Waals surface area contributed by atoms with Crippen LogP contribution in [0.1, 0.15) is 32.8 Å². The molecule has 0 saturated carbocycles. The Morgan fingerprint density at radius 2 is 1.76 bits per heavy atom. The number of benzene rings is 1. The summed E-state index contributed by atoms with van der Waals surface area (Å²) in [5, 5.41) is 3.51. The predicted octanol–water partition coefficient (Wildman–Crippen LogP) is 2.78. The molecule has 1 aromatic rings. The summed E-state index contributed by atoms with van der Waals surface area (Å²) in [6.07, 6.45) is 2.01. The van der Waals surface area contributed by atoms with E-state index in [0.717, 1.165) is 25.9 Å². The Morgan fingerprint density at radius 3 is 2.41 bits per heavy atom. The fraction of sp³-hybridized carbons (Fsp3) is 0.600. The van der Waals surface area contributed by atoms with Crippen LogP contribution in [-0.2, 0) is 11.2 Å². The van der Waals surface area contributed by atoms with E-state index in [4.69, 9.17) is 4.74 Å². The summed E-state index contributed by atoms with van der Waals surface area (Å²) >= 11 is 0. The van der Waals surface area contributed by atoms with E-state index in [1.165, 1.54) is 5.56 Å². The van der Waals surface area contributed by atoms with Crippen LogP contribution in [0.2, 0.25) is 0 Å². The summed E-state index contributed by atoms with van der Waals surface area (Å²) in [5.74, 6) is 0. The van der Waals surface area contributed by atoms with Gasteiger partial charge in [0.05, 0.1) is 11.2 Å². The summed E-state index contributed by atoms with van der Waals surface area (Å²) in [5.41, 5.74) is 1.23. The fourth-order valence-electron chi connectivity index (χ4n) is 2.58. The molecule has 0 radical (unpaired) electrons. The summed E-state index contributed by atoms with van der Waals surface area (Å²) in [7, 11) is 0. The minimum Gasteiger partial charge on any atom is -0.366 e. The summed E-state index contributed by atoms with van der Waals surface area (Å²) in [6.45, 7) is 8.48. The van der Waals surface area contributed by atoms with Gasteiger partial charge in [-0.05, 0) is 25.8 Å². The van der Waals surface area contributed by atoms with Crippen molar-refractivity contribution in [2.75, 3.05) is 13.1 Å². The van der Waals surface area contributed by atoms with Gasteiger partial charge >= 0.3 is 0 Å². The lowest BCUT2D eigenvalue weighted by molar-refractivity contribution is -0.162. The van der Waals surface area contributed by atoms with E-state index >= 15 is 0 Å². The van der Waals surface area contributed by atoms with Crippen molar-refractivity contribution in [3.8, 4) is 0 Å². The van der Waals surface area contributed by atoms with Gasteiger partial charge in [-0.2, -0.15) is 0 Å². The highest BCUT2D eigenvalue weighted by atomic mass is 16.5. The molecule has 94 valence electrons. The molecule has 0 aromatic heterocycles. The molecule has 1 saturated heterocycles. The molecule has 2 unspecified atom stereocenters. The maximum absolute atomic E-state index is 6.35. The Kier molecular flexibility index (Phi) is 3.55. The monoisotopic (exact) mass is 233 g/mol. The summed E-state index contributed by atoms with van der Waals surface area (Å²) in [4.78, 5) is 0. The molecular weight excluding hydrogens is 210 g/mol. The van der Waals surface area contributed by atoms with Crippen LogP contribution in [0.25, 0.3) is 0 Å². The second kappa shape index (κ2) is 4.79. The van der Waals surface area contributed by atoms with Crippen LogP contribution < -0.4 is 5.32 Å². The Balaban J connectivity index is 2.09. The molecule has 0 amide bonds. The molecular formula is C15H23NO. The van der Waals surface area contributed by atoms with Crippen molar-refractivity contribution in [2.45, 2.75) is 44.8 Å². The third-order valence-corrected chi connectivity index (χ3v) is 3.66. The van der Waals surface area contributed by atoms with Crippen LogP contribution in [0.4, 0.5) is 0 Å². The third-order valence-electron chi connectivity index (χ3n) is 3.66. The van der Waals surface area contributed by atoms with E-state index in [2.05, 4.69) is 56.4 Å². The van der Waals surface area contributed by atoms with E-state index < -0.39 is 0 Å². The van der Waals surface area contributed by atoms with Crippen molar-refractivity contribution in [3.05, 3.63) is 35.9 Å². The van der Waals surface area contributed by atoms with Gasteiger partial charge in [0.1, 0.15) is 0 Å². The van der Waals surface area contributed by atoms with Crippen LogP contribution >= 0.6 is 0 Å². The molecule has 1 N–H and O–H groups in total. The first-order valence-electron chi connectivity index (χ1n) is 6.50. The number of ether oxygens (including phenoxy) is 1. The van der Waals surface area contributed by atoms with Crippen molar-refractivity contribution in [2.24, 2.45) is 0 Å². The molecule has 2 atom stereocenters. The molecule has 1 aliphatic rings. The Morgan fingerprint density at radius 1 is 1.12 bits per heavy atom. The third kappa shape index (κ3) is 3.08. The van der Waals surface area contributed by atoms with Crippen LogP contribution in [0.3, 0.4) is 0 Å². The minimum atomic E-state index is -0.0929. The zero-order valence-corrected chi connectivity index (χ0v) is 11.1. The first-order chi connectivity index (χ1) is 8.05. The standard InChI is InChI=1S/C15H23NO/c1-4-14(2)11-16-12-15(3,17-14)10-13-8-6-5-7-9-13/h5-9,16H,4,10-12H2,1-3H3. The van der Waals surface area contributed by atoms with E-state index in [9.17, 15) is 0 Å². The summed E-state index contributed by atoms with van der Waals surface area (Å²) in [6, 6.07) is 10.6. The molecule has 0 bridgehead atoms. The van der Waals surface area contributed by atoms with Crippen LogP contribution in [0, 0.1) is 0 Å². The molecule has 0 spiro atoms. The zero-order valence-electron chi connectivity index (χ0n) is 11.1. The second-order valence-corrected chi connectivity index (χ2v) is 5.62. The van der Waals surface area contributed by atoms with Crippen molar-refractivity contribution in [1.82, 2.24) is 5.32 Å². The van der Waals surface area contributed by atoms with Crippen molar-refractivity contribution < 1.29 is 4.74 Å². The Labute approximate surface area is 104 Å². The lowest BCUT2D eigenvalue weighted by Crippen LogP contribution is -2.58. The molecule has 17 heavy (non-hydrogen) atoms. The van der Waals surface area contributed by atoms with Gasteiger partial charge in [-0.15, -0.1) is 0 Å². The van der Waals surface area contributed by atoms with E-state index in [1.54, 1.807) is 0 Å². The molecule has 2 nitrogen and oxygen atoms in total. The number of hydrogen-bond donors (Lipinski definition) is 1. The van der Waals surface area contributed by atoms with Gasteiger partial charge in [-0.1, -0.05) is 37.3 Å². The maximum atomic E-state index is 6.35. The quantitative estimate of drug-likeness (QED) is 0.867. The molecule has 1 fully saturated rings. The molecule has 1 heterocycles. The normalized spacial score (nSPS) is 33.6. The van der Waals surface area contributed by atoms with Crippen LogP contribution in [0.15, 0.2) is 30.3 Å². The zero-order chi connectivity index (χ0) is 12.4. The largest absolute Gasteiger partial charge is 0.366 e. The lowest BCUT2D eigenvalue weighted by atomic mass is 9.90. The maximum Gasteiger partial charge on any atom is 0.0826 e. The lowest BCUT2D eigenvalue weighted by Gasteiger charge is -2.45. The first kappa shape index (κ1) is 12.6. The van der Waals surface area contributed by atoms with Gasteiger partial charge in [0.25, 0.3) is 0 Å². The number of rotatable bonds is 3. The van der Waals surface area contributed by atoms with Crippen molar-refractivity contribution >= 4 is 0 Å². The molecule has 0 aliphatic carbocycles. The number of hydrogen-bond acceptors (Lipinski definition) is 2. The van der Waals surface area contributed by atoms with Gasteiger partial charge in [0.15, 0.2) is 0 Å². The molecule has 1 aromatic carbocycles. The average molecular weight is 233 g/mol. The predicted molar refractivity (Wildman–Crippen MR) is 71.2 cm³/mol. The van der Waals surface area contributed by atoms with E-state index in [-0.39, 0.29) is 11.2 Å². The SMILES string of the molecule is CCC1(C)CNCC(C)(Cc2ccccc2)O1. The number of morpholine rings is 1. The van der Waals surface area contributed by atoms with Gasteiger partial charge in [0, 0.05) is 19.5 Å². The van der Waals surface area contributed by atoms with Gasteiger partial charge in [-0.3, -0.25) is 0 Å². The van der Waals surface area contributed by atoms with Gasteiger partial charge < -0.3 is 10.1 Å². The summed E-state index contributed by atoms with van der Waals surface area (Å²) < 4.78 is 6.35. The first-order valence-corrected chi connectivity index (χ1v) is 6.50.